The summed E-state index contributed by atoms with van der Waals surface area (Å²) in [6.45, 7) is 5.37. The first kappa shape index (κ1) is 13.8. The van der Waals surface area contributed by atoms with E-state index < -0.39 is 0 Å². The monoisotopic (exact) mass is 255 g/mol. The highest BCUT2D eigenvalue weighted by Gasteiger charge is 2.01. The maximum atomic E-state index is 11.0. The Labute approximate surface area is 107 Å². The smallest absolute Gasteiger partial charge is 0.235 e. The highest BCUT2D eigenvalue weighted by molar-refractivity contribution is 6.27. The van der Waals surface area contributed by atoms with Crippen molar-refractivity contribution < 1.29 is 9.53 Å². The van der Waals surface area contributed by atoms with Gasteiger partial charge in [-0.25, -0.2) is 0 Å². The zero-order valence-electron chi connectivity index (χ0n) is 10.2. The zero-order valence-corrected chi connectivity index (χ0v) is 11.0. The van der Waals surface area contributed by atoms with Crippen LogP contribution in [0, 0.1) is 5.92 Å². The maximum absolute atomic E-state index is 11.0. The standard InChI is InChI=1S/C13H18ClNO2/c1-10(2)9-17-12-5-3-4-11(6-12)8-15-13(16)7-14/h3-6,10H,7-9H2,1-2H3,(H,15,16). The van der Waals surface area contributed by atoms with Gasteiger partial charge in [0.2, 0.25) is 5.91 Å². The van der Waals surface area contributed by atoms with Crippen molar-refractivity contribution in [1.82, 2.24) is 5.32 Å². The number of hydrogen-bond donors (Lipinski definition) is 1. The van der Waals surface area contributed by atoms with Crippen LogP contribution < -0.4 is 10.1 Å². The van der Waals surface area contributed by atoms with Gasteiger partial charge < -0.3 is 10.1 Å². The first-order valence-corrected chi connectivity index (χ1v) is 6.19. The molecule has 0 aliphatic rings. The van der Waals surface area contributed by atoms with Gasteiger partial charge in [0.05, 0.1) is 6.61 Å². The lowest BCUT2D eigenvalue weighted by molar-refractivity contribution is -0.118. The molecule has 1 aromatic carbocycles. The normalized spacial score (nSPS) is 10.4. The van der Waals surface area contributed by atoms with Gasteiger partial charge in [-0.05, 0) is 23.6 Å². The molecule has 1 amide bonds. The minimum Gasteiger partial charge on any atom is -0.493 e. The highest BCUT2D eigenvalue weighted by atomic mass is 35.5. The molecule has 4 heteroatoms. The summed E-state index contributed by atoms with van der Waals surface area (Å²) in [5.41, 5.74) is 1.00. The topological polar surface area (TPSA) is 38.3 Å². The second-order valence-corrected chi connectivity index (χ2v) is 4.53. The van der Waals surface area contributed by atoms with Gasteiger partial charge in [0.15, 0.2) is 0 Å². The van der Waals surface area contributed by atoms with Gasteiger partial charge in [0.1, 0.15) is 11.6 Å². The number of carbonyl (C=O) groups is 1. The van der Waals surface area contributed by atoms with Gasteiger partial charge in [0, 0.05) is 6.54 Å². The Kier molecular flexibility index (Phi) is 5.84. The number of amides is 1. The van der Waals surface area contributed by atoms with Gasteiger partial charge in [-0.15, -0.1) is 11.6 Å². The molecule has 0 atom stereocenters. The molecule has 1 N–H and O–H groups in total. The Morgan fingerprint density at radius 1 is 1.47 bits per heavy atom. The molecule has 0 heterocycles. The Hall–Kier alpha value is -1.22. The second kappa shape index (κ2) is 7.17. The number of ether oxygens (including phenoxy) is 1. The molecule has 3 nitrogen and oxygen atoms in total. The summed E-state index contributed by atoms with van der Waals surface area (Å²) < 4.78 is 5.60. The van der Waals surface area contributed by atoms with E-state index in [0.717, 1.165) is 11.3 Å². The third kappa shape index (κ3) is 5.59. The van der Waals surface area contributed by atoms with Gasteiger partial charge >= 0.3 is 0 Å². The number of benzene rings is 1. The molecule has 17 heavy (non-hydrogen) atoms. The molecular formula is C13H18ClNO2. The molecule has 1 aromatic rings. The van der Waals surface area contributed by atoms with E-state index in [4.69, 9.17) is 16.3 Å². The fraction of sp³-hybridized carbons (Fsp3) is 0.462. The molecule has 0 spiro atoms. The van der Waals surface area contributed by atoms with Crippen LogP contribution in [0.3, 0.4) is 0 Å². The lowest BCUT2D eigenvalue weighted by atomic mass is 10.2. The molecular weight excluding hydrogens is 238 g/mol. The average molecular weight is 256 g/mol. The number of halogens is 1. The van der Waals surface area contributed by atoms with Crippen molar-refractivity contribution in [2.24, 2.45) is 5.92 Å². The van der Waals surface area contributed by atoms with Crippen LogP contribution in [-0.4, -0.2) is 18.4 Å². The SMILES string of the molecule is CC(C)COc1cccc(CNC(=O)CCl)c1. The van der Waals surface area contributed by atoms with Crippen molar-refractivity contribution in [3.05, 3.63) is 29.8 Å². The van der Waals surface area contributed by atoms with Crippen LogP contribution in [0.4, 0.5) is 0 Å². The predicted molar refractivity (Wildman–Crippen MR) is 69.3 cm³/mol. The first-order chi connectivity index (χ1) is 8.11. The Morgan fingerprint density at radius 2 is 2.24 bits per heavy atom. The minimum absolute atomic E-state index is 0.0104. The summed E-state index contributed by atoms with van der Waals surface area (Å²) in [5.74, 6) is 1.15. The summed E-state index contributed by atoms with van der Waals surface area (Å²) in [4.78, 5) is 11.0. The molecule has 0 saturated carbocycles. The molecule has 0 aromatic heterocycles. The molecule has 0 unspecified atom stereocenters. The molecule has 0 aliphatic carbocycles. The molecule has 0 aliphatic heterocycles. The van der Waals surface area contributed by atoms with Crippen molar-refractivity contribution in [2.75, 3.05) is 12.5 Å². The molecule has 0 fully saturated rings. The number of nitrogens with one attached hydrogen (secondary N) is 1. The summed E-state index contributed by atoms with van der Waals surface area (Å²) in [6, 6.07) is 7.70. The largest absolute Gasteiger partial charge is 0.493 e. The van der Waals surface area contributed by atoms with Crippen molar-refractivity contribution in [1.29, 1.82) is 0 Å². The Balaban J connectivity index is 2.50. The highest BCUT2D eigenvalue weighted by Crippen LogP contribution is 2.14. The Bertz CT molecular complexity index is 366. The lowest BCUT2D eigenvalue weighted by Crippen LogP contribution is -2.23. The molecule has 0 radical (unpaired) electrons. The van der Waals surface area contributed by atoms with E-state index in [1.54, 1.807) is 0 Å². The van der Waals surface area contributed by atoms with Crippen LogP contribution in [0.5, 0.6) is 5.75 Å². The summed E-state index contributed by atoms with van der Waals surface area (Å²) in [6.07, 6.45) is 0. The number of carbonyl (C=O) groups excluding carboxylic acids is 1. The molecule has 1 rings (SSSR count). The zero-order chi connectivity index (χ0) is 12.7. The van der Waals surface area contributed by atoms with E-state index >= 15 is 0 Å². The molecule has 0 saturated heterocycles. The summed E-state index contributed by atoms with van der Waals surface area (Å²) in [5, 5.41) is 2.71. The third-order valence-corrected chi connectivity index (χ3v) is 2.34. The van der Waals surface area contributed by atoms with Gasteiger partial charge in [-0.2, -0.15) is 0 Å². The Morgan fingerprint density at radius 3 is 2.88 bits per heavy atom. The quantitative estimate of drug-likeness (QED) is 0.794. The lowest BCUT2D eigenvalue weighted by Gasteiger charge is -2.10. The summed E-state index contributed by atoms with van der Waals surface area (Å²) >= 11 is 5.40. The third-order valence-electron chi connectivity index (χ3n) is 2.09. The van der Waals surface area contributed by atoms with E-state index in [9.17, 15) is 4.79 Å². The second-order valence-electron chi connectivity index (χ2n) is 4.26. The summed E-state index contributed by atoms with van der Waals surface area (Å²) in [7, 11) is 0. The minimum atomic E-state index is -0.167. The van der Waals surface area contributed by atoms with Gasteiger partial charge in [0.25, 0.3) is 0 Å². The average Bonchev–Trinajstić information content (AvgIpc) is 2.34. The van der Waals surface area contributed by atoms with Crippen LogP contribution in [0.15, 0.2) is 24.3 Å². The van der Waals surface area contributed by atoms with E-state index in [2.05, 4.69) is 19.2 Å². The number of alkyl halides is 1. The molecule has 0 bridgehead atoms. The fourth-order valence-electron chi connectivity index (χ4n) is 1.26. The maximum Gasteiger partial charge on any atom is 0.235 e. The van der Waals surface area contributed by atoms with Crippen molar-refractivity contribution in [3.8, 4) is 5.75 Å². The van der Waals surface area contributed by atoms with Crippen molar-refractivity contribution in [2.45, 2.75) is 20.4 Å². The van der Waals surface area contributed by atoms with Crippen LogP contribution in [-0.2, 0) is 11.3 Å². The van der Waals surface area contributed by atoms with Crippen LogP contribution >= 0.6 is 11.6 Å². The van der Waals surface area contributed by atoms with E-state index in [1.807, 2.05) is 24.3 Å². The van der Waals surface area contributed by atoms with E-state index in [0.29, 0.717) is 19.1 Å². The fourth-order valence-corrected chi connectivity index (χ4v) is 1.35. The number of hydrogen-bond acceptors (Lipinski definition) is 2. The van der Waals surface area contributed by atoms with Crippen molar-refractivity contribution in [3.63, 3.8) is 0 Å². The van der Waals surface area contributed by atoms with Crippen LogP contribution in [0.25, 0.3) is 0 Å². The van der Waals surface area contributed by atoms with Crippen LogP contribution in [0.1, 0.15) is 19.4 Å². The first-order valence-electron chi connectivity index (χ1n) is 5.66. The predicted octanol–water partition coefficient (Wildman–Crippen LogP) is 2.58. The molecule has 94 valence electrons. The van der Waals surface area contributed by atoms with Gasteiger partial charge in [-0.1, -0.05) is 26.0 Å². The van der Waals surface area contributed by atoms with E-state index in [1.165, 1.54) is 0 Å². The van der Waals surface area contributed by atoms with Crippen LogP contribution in [0.2, 0.25) is 0 Å². The van der Waals surface area contributed by atoms with Crippen molar-refractivity contribution >= 4 is 17.5 Å². The van der Waals surface area contributed by atoms with E-state index in [-0.39, 0.29) is 11.8 Å². The number of rotatable bonds is 6. The van der Waals surface area contributed by atoms with Gasteiger partial charge in [-0.3, -0.25) is 4.79 Å².